The van der Waals surface area contributed by atoms with Crippen molar-refractivity contribution < 1.29 is 27.1 Å². The van der Waals surface area contributed by atoms with Crippen LogP contribution in [0.25, 0.3) is 0 Å². The van der Waals surface area contributed by atoms with Crippen molar-refractivity contribution in [3.63, 3.8) is 0 Å². The maximum atomic E-state index is 13.7. The summed E-state index contributed by atoms with van der Waals surface area (Å²) < 4.78 is 56.0. The molecule has 1 aromatic heterocycles. The summed E-state index contributed by atoms with van der Waals surface area (Å²) in [6.07, 6.45) is -4.56. The molecule has 8 heteroatoms. The Morgan fingerprint density at radius 3 is 2.65 bits per heavy atom. The number of benzene rings is 1. The molecule has 1 heterocycles. The van der Waals surface area contributed by atoms with Crippen molar-refractivity contribution >= 4 is 11.8 Å². The monoisotopic (exact) mass is 328 g/mol. The van der Waals surface area contributed by atoms with E-state index in [1.165, 1.54) is 31.4 Å². The van der Waals surface area contributed by atoms with Crippen molar-refractivity contribution in [3.05, 3.63) is 59.0 Å². The summed E-state index contributed by atoms with van der Waals surface area (Å²) in [5.74, 6) is -1.29. The summed E-state index contributed by atoms with van der Waals surface area (Å²) in [7, 11) is 1.19. The Balaban J connectivity index is 2.16. The van der Waals surface area contributed by atoms with Crippen LogP contribution in [0.3, 0.4) is 0 Å². The van der Waals surface area contributed by atoms with Crippen LogP contribution in [0.5, 0.6) is 0 Å². The predicted molar refractivity (Wildman–Crippen MR) is 74.3 cm³/mol. The first-order chi connectivity index (χ1) is 10.8. The lowest BCUT2D eigenvalue weighted by molar-refractivity contribution is -0.141. The minimum atomic E-state index is -4.56. The number of pyridine rings is 1. The van der Waals surface area contributed by atoms with Gasteiger partial charge >= 0.3 is 12.1 Å². The van der Waals surface area contributed by atoms with Crippen LogP contribution in [0, 0.1) is 5.82 Å². The van der Waals surface area contributed by atoms with Gasteiger partial charge in [0.1, 0.15) is 17.3 Å². The molecule has 0 atom stereocenters. The fourth-order valence-corrected chi connectivity index (χ4v) is 1.83. The number of hydrogen-bond donors (Lipinski definition) is 1. The Hall–Kier alpha value is -2.64. The van der Waals surface area contributed by atoms with Crippen molar-refractivity contribution in [1.82, 2.24) is 4.98 Å². The Morgan fingerprint density at radius 1 is 1.26 bits per heavy atom. The summed E-state index contributed by atoms with van der Waals surface area (Å²) in [6, 6.07) is 6.97. The molecule has 2 rings (SSSR count). The second-order valence-electron chi connectivity index (χ2n) is 4.56. The molecule has 0 amide bonds. The van der Waals surface area contributed by atoms with E-state index in [4.69, 9.17) is 0 Å². The van der Waals surface area contributed by atoms with E-state index >= 15 is 0 Å². The normalized spacial score (nSPS) is 11.2. The molecule has 0 aliphatic rings. The molecule has 0 aliphatic carbocycles. The number of halogens is 4. The van der Waals surface area contributed by atoms with Crippen LogP contribution in [0.2, 0.25) is 0 Å². The van der Waals surface area contributed by atoms with Gasteiger partial charge in [-0.3, -0.25) is 0 Å². The third-order valence-electron chi connectivity index (χ3n) is 2.97. The maximum absolute atomic E-state index is 13.7. The zero-order valence-electron chi connectivity index (χ0n) is 11.9. The second kappa shape index (κ2) is 6.64. The van der Waals surface area contributed by atoms with Crippen LogP contribution in [0.15, 0.2) is 36.4 Å². The summed E-state index contributed by atoms with van der Waals surface area (Å²) in [6.45, 7) is -0.134. The van der Waals surface area contributed by atoms with Crippen LogP contribution in [-0.4, -0.2) is 18.1 Å². The molecule has 0 saturated heterocycles. The number of carbonyl (C=O) groups is 1. The fourth-order valence-electron chi connectivity index (χ4n) is 1.83. The molecule has 0 bridgehead atoms. The zero-order chi connectivity index (χ0) is 17.0. The van der Waals surface area contributed by atoms with Gasteiger partial charge in [0.25, 0.3) is 0 Å². The lowest BCUT2D eigenvalue weighted by Crippen LogP contribution is -2.11. The highest BCUT2D eigenvalue weighted by molar-refractivity contribution is 5.89. The van der Waals surface area contributed by atoms with Gasteiger partial charge in [0.2, 0.25) is 0 Å². The van der Waals surface area contributed by atoms with Gasteiger partial charge in [-0.2, -0.15) is 13.2 Å². The van der Waals surface area contributed by atoms with E-state index in [0.29, 0.717) is 0 Å². The van der Waals surface area contributed by atoms with E-state index in [9.17, 15) is 22.4 Å². The first-order valence-corrected chi connectivity index (χ1v) is 6.46. The van der Waals surface area contributed by atoms with Gasteiger partial charge in [-0.25, -0.2) is 14.2 Å². The van der Waals surface area contributed by atoms with Gasteiger partial charge in [0, 0.05) is 12.1 Å². The molecule has 0 radical (unpaired) electrons. The van der Waals surface area contributed by atoms with Gasteiger partial charge in [0.15, 0.2) is 0 Å². The molecular formula is C15H12F4N2O2. The minimum absolute atomic E-state index is 0.0531. The number of esters is 1. The van der Waals surface area contributed by atoms with E-state index in [-0.39, 0.29) is 23.5 Å². The molecule has 122 valence electrons. The van der Waals surface area contributed by atoms with Gasteiger partial charge in [-0.15, -0.1) is 0 Å². The number of carbonyl (C=O) groups excluding carboxylic acids is 1. The van der Waals surface area contributed by atoms with E-state index in [2.05, 4.69) is 15.0 Å². The summed E-state index contributed by atoms with van der Waals surface area (Å²) in [5.41, 5.74) is -0.805. The van der Waals surface area contributed by atoms with Crippen molar-refractivity contribution in [2.75, 3.05) is 12.4 Å². The van der Waals surface area contributed by atoms with Crippen LogP contribution >= 0.6 is 0 Å². The summed E-state index contributed by atoms with van der Waals surface area (Å²) in [5, 5.41) is 2.60. The average Bonchev–Trinajstić information content (AvgIpc) is 2.53. The smallest absolute Gasteiger partial charge is 0.433 e. The molecule has 1 aromatic carbocycles. The average molecular weight is 328 g/mol. The second-order valence-corrected chi connectivity index (χ2v) is 4.56. The Bertz CT molecular complexity index is 717. The standard InChI is InChI=1S/C15H12F4N2O2/c1-23-14(22)9-5-6-11(16)10(7-9)8-20-13-4-2-3-12(21-13)15(17,18)19/h2-7H,8H2,1H3,(H,20,21). The van der Waals surface area contributed by atoms with Gasteiger partial charge in [-0.1, -0.05) is 6.07 Å². The molecule has 1 N–H and O–H groups in total. The first-order valence-electron chi connectivity index (χ1n) is 6.46. The van der Waals surface area contributed by atoms with Gasteiger partial charge in [0.05, 0.1) is 12.7 Å². The Kier molecular flexibility index (Phi) is 4.83. The van der Waals surface area contributed by atoms with Crippen molar-refractivity contribution in [2.45, 2.75) is 12.7 Å². The summed E-state index contributed by atoms with van der Waals surface area (Å²) in [4.78, 5) is 14.8. The topological polar surface area (TPSA) is 51.2 Å². The quantitative estimate of drug-likeness (QED) is 0.688. The van der Waals surface area contributed by atoms with E-state index in [0.717, 1.165) is 12.1 Å². The number of nitrogens with zero attached hydrogens (tertiary/aromatic N) is 1. The molecule has 23 heavy (non-hydrogen) atoms. The van der Waals surface area contributed by atoms with E-state index in [1.807, 2.05) is 0 Å². The number of hydrogen-bond acceptors (Lipinski definition) is 4. The molecule has 4 nitrogen and oxygen atoms in total. The summed E-state index contributed by atoms with van der Waals surface area (Å²) >= 11 is 0. The molecule has 0 saturated carbocycles. The van der Waals surface area contributed by atoms with Crippen LogP contribution in [0.1, 0.15) is 21.6 Å². The van der Waals surface area contributed by atoms with Crippen LogP contribution in [-0.2, 0) is 17.5 Å². The highest BCUT2D eigenvalue weighted by Gasteiger charge is 2.32. The Labute approximate surface area is 129 Å². The van der Waals surface area contributed by atoms with Crippen LogP contribution in [0.4, 0.5) is 23.4 Å². The molecule has 0 fully saturated rings. The maximum Gasteiger partial charge on any atom is 0.433 e. The first kappa shape index (κ1) is 16.7. The predicted octanol–water partition coefficient (Wildman–Crippen LogP) is 3.64. The molecule has 0 spiro atoms. The molecule has 2 aromatic rings. The molecule has 0 aliphatic heterocycles. The number of methoxy groups -OCH3 is 1. The number of alkyl halides is 3. The SMILES string of the molecule is COC(=O)c1ccc(F)c(CNc2cccc(C(F)(F)F)n2)c1. The van der Waals surface area contributed by atoms with Crippen molar-refractivity contribution in [1.29, 1.82) is 0 Å². The number of anilines is 1. The number of ether oxygens (including phenoxy) is 1. The van der Waals surface area contributed by atoms with Gasteiger partial charge < -0.3 is 10.1 Å². The molecular weight excluding hydrogens is 316 g/mol. The van der Waals surface area contributed by atoms with E-state index in [1.54, 1.807) is 0 Å². The fraction of sp³-hybridized carbons (Fsp3) is 0.200. The number of rotatable bonds is 4. The largest absolute Gasteiger partial charge is 0.465 e. The zero-order valence-corrected chi connectivity index (χ0v) is 11.9. The van der Waals surface area contributed by atoms with Gasteiger partial charge in [-0.05, 0) is 30.3 Å². The van der Waals surface area contributed by atoms with E-state index < -0.39 is 23.7 Å². The van der Waals surface area contributed by atoms with Crippen molar-refractivity contribution in [2.24, 2.45) is 0 Å². The number of nitrogens with one attached hydrogen (secondary N) is 1. The van der Waals surface area contributed by atoms with Crippen LogP contribution < -0.4 is 5.32 Å². The third-order valence-corrected chi connectivity index (χ3v) is 2.97. The Morgan fingerprint density at radius 2 is 2.00 bits per heavy atom. The minimum Gasteiger partial charge on any atom is -0.465 e. The van der Waals surface area contributed by atoms with Crippen molar-refractivity contribution in [3.8, 4) is 0 Å². The third kappa shape index (κ3) is 4.18. The highest BCUT2D eigenvalue weighted by Crippen LogP contribution is 2.28. The lowest BCUT2D eigenvalue weighted by atomic mass is 10.1. The lowest BCUT2D eigenvalue weighted by Gasteiger charge is -2.10. The number of aromatic nitrogens is 1. The highest BCUT2D eigenvalue weighted by atomic mass is 19.4. The molecule has 0 unspecified atom stereocenters.